The first-order chi connectivity index (χ1) is 18.8. The molecular formula is C31H45N3O5S. The summed E-state index contributed by atoms with van der Waals surface area (Å²) >= 11 is 0. The van der Waals surface area contributed by atoms with Crippen molar-refractivity contribution in [1.29, 1.82) is 0 Å². The van der Waals surface area contributed by atoms with Crippen LogP contribution in [0, 0.1) is 0 Å². The van der Waals surface area contributed by atoms with Gasteiger partial charge in [-0.2, -0.15) is 0 Å². The van der Waals surface area contributed by atoms with Crippen LogP contribution in [0.2, 0.25) is 0 Å². The van der Waals surface area contributed by atoms with Gasteiger partial charge in [0.05, 0.1) is 19.1 Å². The van der Waals surface area contributed by atoms with Gasteiger partial charge in [0.25, 0.3) is 0 Å². The van der Waals surface area contributed by atoms with Gasteiger partial charge in [-0.05, 0) is 60.1 Å². The number of sulfonamides is 1. The lowest BCUT2D eigenvalue weighted by Crippen LogP contribution is -2.53. The average molecular weight is 572 g/mol. The Labute approximate surface area is 240 Å². The molecule has 3 rings (SSSR count). The molecule has 0 heterocycles. The lowest BCUT2D eigenvalue weighted by Gasteiger charge is -2.34. The quantitative estimate of drug-likeness (QED) is 0.409. The van der Waals surface area contributed by atoms with Gasteiger partial charge in [0.2, 0.25) is 21.8 Å². The van der Waals surface area contributed by atoms with Crippen molar-refractivity contribution in [2.75, 3.05) is 24.2 Å². The van der Waals surface area contributed by atoms with Crippen molar-refractivity contribution in [1.82, 2.24) is 10.2 Å². The lowest BCUT2D eigenvalue weighted by molar-refractivity contribution is -0.140. The fourth-order valence-corrected chi connectivity index (χ4v) is 6.02. The van der Waals surface area contributed by atoms with Gasteiger partial charge < -0.3 is 15.0 Å². The van der Waals surface area contributed by atoms with E-state index in [2.05, 4.69) is 26.1 Å². The third kappa shape index (κ3) is 8.46. The highest BCUT2D eigenvalue weighted by Gasteiger charge is 2.33. The van der Waals surface area contributed by atoms with Crippen LogP contribution in [0.1, 0.15) is 77.3 Å². The third-order valence-electron chi connectivity index (χ3n) is 7.53. The molecule has 1 aliphatic carbocycles. The van der Waals surface area contributed by atoms with Gasteiger partial charge in [-0.15, -0.1) is 0 Å². The monoisotopic (exact) mass is 571 g/mol. The number of hydrogen-bond acceptors (Lipinski definition) is 5. The Balaban J connectivity index is 1.93. The summed E-state index contributed by atoms with van der Waals surface area (Å²) in [6.07, 6.45) is 6.67. The Kier molecular flexibility index (Phi) is 10.6. The number of benzene rings is 2. The van der Waals surface area contributed by atoms with Crippen LogP contribution in [-0.2, 0) is 31.6 Å². The van der Waals surface area contributed by atoms with Gasteiger partial charge >= 0.3 is 0 Å². The maximum atomic E-state index is 14.0. The first kappa shape index (κ1) is 31.5. The van der Waals surface area contributed by atoms with E-state index in [-0.39, 0.29) is 23.9 Å². The van der Waals surface area contributed by atoms with Crippen molar-refractivity contribution in [3.63, 3.8) is 0 Å². The minimum absolute atomic E-state index is 0.0953. The maximum absolute atomic E-state index is 14.0. The molecule has 0 unspecified atom stereocenters. The van der Waals surface area contributed by atoms with Gasteiger partial charge in [0, 0.05) is 12.6 Å². The summed E-state index contributed by atoms with van der Waals surface area (Å²) < 4.78 is 32.3. The smallest absolute Gasteiger partial charge is 0.244 e. The molecule has 40 heavy (non-hydrogen) atoms. The highest BCUT2D eigenvalue weighted by Crippen LogP contribution is 2.27. The van der Waals surface area contributed by atoms with Crippen molar-refractivity contribution in [2.45, 2.75) is 90.3 Å². The predicted octanol–water partition coefficient (Wildman–Crippen LogP) is 5.02. The summed E-state index contributed by atoms with van der Waals surface area (Å²) in [6, 6.07) is 13.9. The van der Waals surface area contributed by atoms with Crippen LogP contribution in [0.3, 0.4) is 0 Å². The Morgan fingerprint density at radius 2 is 1.70 bits per heavy atom. The summed E-state index contributed by atoms with van der Waals surface area (Å²) in [5.41, 5.74) is 2.15. The Bertz CT molecular complexity index is 1250. The third-order valence-corrected chi connectivity index (χ3v) is 8.67. The topological polar surface area (TPSA) is 96.0 Å². The summed E-state index contributed by atoms with van der Waals surface area (Å²) in [5.74, 6) is -0.00817. The largest absolute Gasteiger partial charge is 0.497 e. The molecule has 9 heteroatoms. The number of rotatable bonds is 11. The van der Waals surface area contributed by atoms with Crippen LogP contribution in [-0.4, -0.2) is 57.1 Å². The van der Waals surface area contributed by atoms with Crippen LogP contribution in [0.5, 0.6) is 5.75 Å². The number of carbonyl (C=O) groups excluding carboxylic acids is 2. The number of hydrogen-bond donors (Lipinski definition) is 1. The molecule has 1 aliphatic rings. The van der Waals surface area contributed by atoms with E-state index in [9.17, 15) is 18.0 Å². The van der Waals surface area contributed by atoms with E-state index in [1.807, 2.05) is 43.3 Å². The highest BCUT2D eigenvalue weighted by molar-refractivity contribution is 7.92. The molecule has 2 aromatic carbocycles. The second kappa shape index (κ2) is 13.5. The molecule has 220 valence electrons. The van der Waals surface area contributed by atoms with Crippen molar-refractivity contribution < 1.29 is 22.7 Å². The van der Waals surface area contributed by atoms with E-state index in [0.717, 1.165) is 47.4 Å². The number of methoxy groups -OCH3 is 1. The van der Waals surface area contributed by atoms with Crippen molar-refractivity contribution >= 4 is 27.5 Å². The predicted molar refractivity (Wildman–Crippen MR) is 160 cm³/mol. The van der Waals surface area contributed by atoms with Crippen LogP contribution < -0.4 is 14.4 Å². The molecule has 1 N–H and O–H groups in total. The zero-order valence-electron chi connectivity index (χ0n) is 24.8. The number of carbonyl (C=O) groups is 2. The fourth-order valence-electron chi connectivity index (χ4n) is 5.17. The van der Waals surface area contributed by atoms with E-state index in [1.165, 1.54) is 11.3 Å². The molecule has 0 spiro atoms. The van der Waals surface area contributed by atoms with E-state index in [4.69, 9.17) is 4.74 Å². The highest BCUT2D eigenvalue weighted by atomic mass is 32.2. The lowest BCUT2D eigenvalue weighted by atomic mass is 9.87. The molecule has 0 radical (unpaired) electrons. The number of ether oxygens (including phenoxy) is 1. The Hall–Kier alpha value is -3.07. The SMILES string of the molecule is CC[C@@H](C(=O)NC1CCCCC1)N(Cc1cccc(OC)c1)C(=O)CN(c1ccc(C(C)(C)C)cc1)S(C)(=O)=O. The molecule has 8 nitrogen and oxygen atoms in total. The molecule has 0 aromatic heterocycles. The average Bonchev–Trinajstić information content (AvgIpc) is 2.91. The Morgan fingerprint density at radius 1 is 1.05 bits per heavy atom. The van der Waals surface area contributed by atoms with Gasteiger partial charge in [-0.1, -0.05) is 71.2 Å². The second-order valence-electron chi connectivity index (χ2n) is 11.7. The number of nitrogens with zero attached hydrogens (tertiary/aromatic N) is 2. The summed E-state index contributed by atoms with van der Waals surface area (Å²) in [7, 11) is -2.22. The molecule has 0 saturated heterocycles. The first-order valence-corrected chi connectivity index (χ1v) is 16.0. The van der Waals surface area contributed by atoms with Crippen LogP contribution in [0.4, 0.5) is 5.69 Å². The molecule has 2 amide bonds. The van der Waals surface area contributed by atoms with Crippen LogP contribution in [0.25, 0.3) is 0 Å². The number of amides is 2. The van der Waals surface area contributed by atoms with E-state index >= 15 is 0 Å². The van der Waals surface area contributed by atoms with Crippen LogP contribution in [0.15, 0.2) is 48.5 Å². The summed E-state index contributed by atoms with van der Waals surface area (Å²) in [5, 5.41) is 3.16. The summed E-state index contributed by atoms with van der Waals surface area (Å²) in [4.78, 5) is 29.0. The van der Waals surface area contributed by atoms with Gasteiger partial charge in [0.1, 0.15) is 18.3 Å². The number of nitrogens with one attached hydrogen (secondary N) is 1. The molecule has 2 aromatic rings. The van der Waals surface area contributed by atoms with Crippen molar-refractivity contribution in [3.05, 3.63) is 59.7 Å². The van der Waals surface area contributed by atoms with Gasteiger partial charge in [-0.3, -0.25) is 13.9 Å². The van der Waals surface area contributed by atoms with Gasteiger partial charge in [-0.25, -0.2) is 8.42 Å². The molecular weight excluding hydrogens is 526 g/mol. The minimum Gasteiger partial charge on any atom is -0.497 e. The zero-order chi connectivity index (χ0) is 29.5. The number of anilines is 1. The van der Waals surface area contributed by atoms with Crippen molar-refractivity contribution in [2.24, 2.45) is 0 Å². The van der Waals surface area contributed by atoms with Crippen LogP contribution >= 0.6 is 0 Å². The molecule has 1 atom stereocenters. The minimum atomic E-state index is -3.79. The molecule has 1 saturated carbocycles. The standard InChI is InChI=1S/C31H45N3O5S/c1-7-28(30(36)32-25-13-9-8-10-14-25)33(21-23-12-11-15-27(20-23)39-5)29(35)22-34(40(6,37)38)26-18-16-24(17-19-26)31(2,3)4/h11-12,15-20,25,28H,7-10,13-14,21-22H2,1-6H3,(H,32,36)/t28-/m0/s1. The van der Waals surface area contributed by atoms with E-state index in [0.29, 0.717) is 17.9 Å². The normalized spacial score (nSPS) is 15.2. The van der Waals surface area contributed by atoms with E-state index < -0.39 is 28.5 Å². The second-order valence-corrected chi connectivity index (χ2v) is 13.6. The van der Waals surface area contributed by atoms with Gasteiger partial charge in [0.15, 0.2) is 0 Å². The maximum Gasteiger partial charge on any atom is 0.244 e. The van der Waals surface area contributed by atoms with E-state index in [1.54, 1.807) is 19.2 Å². The molecule has 1 fully saturated rings. The Morgan fingerprint density at radius 3 is 2.25 bits per heavy atom. The first-order valence-electron chi connectivity index (χ1n) is 14.1. The van der Waals surface area contributed by atoms with Crippen molar-refractivity contribution in [3.8, 4) is 5.75 Å². The molecule has 0 bridgehead atoms. The molecule has 0 aliphatic heterocycles. The zero-order valence-corrected chi connectivity index (χ0v) is 25.6. The summed E-state index contributed by atoms with van der Waals surface area (Å²) in [6.45, 7) is 7.85. The fraction of sp³-hybridized carbons (Fsp3) is 0.548.